The van der Waals surface area contributed by atoms with Crippen LogP contribution < -0.4 is 0 Å². The van der Waals surface area contributed by atoms with Crippen LogP contribution in [0.1, 0.15) is 17.2 Å². The fraction of sp³-hybridized carbons (Fsp3) is 0.286. The molecule has 8 heteroatoms. The molecule has 0 spiro atoms. The van der Waals surface area contributed by atoms with Crippen molar-refractivity contribution in [3.63, 3.8) is 0 Å². The zero-order valence-corrected chi connectivity index (χ0v) is 12.6. The highest BCUT2D eigenvalue weighted by atomic mass is 32.2. The van der Waals surface area contributed by atoms with Gasteiger partial charge in [0, 0.05) is 10.5 Å². The second-order valence-electron chi connectivity index (χ2n) is 5.24. The van der Waals surface area contributed by atoms with Gasteiger partial charge in [-0.05, 0) is 25.1 Å². The van der Waals surface area contributed by atoms with Gasteiger partial charge in [-0.25, -0.2) is 8.42 Å². The van der Waals surface area contributed by atoms with E-state index in [-0.39, 0.29) is 11.4 Å². The SMILES string of the molecule is Cc1ccc(S(=O)(=O)N2C[C@H]([N+](=O)[O-])[C@H]2c2ccoc2)cc1. The Kier molecular flexibility index (Phi) is 3.50. The predicted molar refractivity (Wildman–Crippen MR) is 77.3 cm³/mol. The summed E-state index contributed by atoms with van der Waals surface area (Å²) in [4.78, 5) is 10.8. The van der Waals surface area contributed by atoms with E-state index in [1.54, 1.807) is 18.2 Å². The average molecular weight is 322 g/mol. The minimum atomic E-state index is -3.77. The summed E-state index contributed by atoms with van der Waals surface area (Å²) in [6.07, 6.45) is 2.72. The third-order valence-corrected chi connectivity index (χ3v) is 5.69. The number of nitro groups is 1. The molecule has 1 aromatic heterocycles. The standard InChI is InChI=1S/C14H14N2O5S/c1-10-2-4-12(5-3-10)22(19,20)15-8-13(16(17)18)14(15)11-6-7-21-9-11/h2-7,9,13-14H,8H2,1H3/t13-,14+/m0/s1. The van der Waals surface area contributed by atoms with Crippen molar-refractivity contribution in [2.45, 2.75) is 23.9 Å². The Hall–Kier alpha value is -2.19. The fourth-order valence-corrected chi connectivity index (χ4v) is 4.22. The zero-order valence-electron chi connectivity index (χ0n) is 11.7. The first kappa shape index (κ1) is 14.7. The Morgan fingerprint density at radius 2 is 1.95 bits per heavy atom. The normalized spacial score (nSPS) is 22.2. The molecule has 2 aromatic rings. The molecule has 1 fully saturated rings. The Morgan fingerprint density at radius 1 is 1.27 bits per heavy atom. The molecule has 7 nitrogen and oxygen atoms in total. The summed E-state index contributed by atoms with van der Waals surface area (Å²) >= 11 is 0. The first-order chi connectivity index (χ1) is 10.4. The minimum absolute atomic E-state index is 0.133. The lowest BCUT2D eigenvalue weighted by atomic mass is 9.95. The lowest BCUT2D eigenvalue weighted by Crippen LogP contribution is -2.58. The van der Waals surface area contributed by atoms with Crippen LogP contribution in [-0.4, -0.2) is 30.2 Å². The molecule has 0 bridgehead atoms. The van der Waals surface area contributed by atoms with Gasteiger partial charge in [0.05, 0.1) is 24.0 Å². The first-order valence-electron chi connectivity index (χ1n) is 6.65. The number of hydrogen-bond donors (Lipinski definition) is 0. The first-order valence-corrected chi connectivity index (χ1v) is 8.09. The summed E-state index contributed by atoms with van der Waals surface area (Å²) in [5.41, 5.74) is 1.43. The maximum absolute atomic E-state index is 12.7. The van der Waals surface area contributed by atoms with Gasteiger partial charge in [-0.2, -0.15) is 4.31 Å². The Morgan fingerprint density at radius 3 is 2.50 bits per heavy atom. The summed E-state index contributed by atoms with van der Waals surface area (Å²) in [5, 5.41) is 11.1. The molecule has 2 heterocycles. The van der Waals surface area contributed by atoms with E-state index in [9.17, 15) is 18.5 Å². The van der Waals surface area contributed by atoms with Crippen LogP contribution in [0, 0.1) is 17.0 Å². The topological polar surface area (TPSA) is 93.7 Å². The van der Waals surface area contributed by atoms with Crippen LogP contribution in [-0.2, 0) is 10.0 Å². The molecule has 0 radical (unpaired) electrons. The van der Waals surface area contributed by atoms with Crippen molar-refractivity contribution in [2.75, 3.05) is 6.54 Å². The molecule has 2 atom stereocenters. The maximum atomic E-state index is 12.7. The van der Waals surface area contributed by atoms with Crippen molar-refractivity contribution in [3.8, 4) is 0 Å². The summed E-state index contributed by atoms with van der Waals surface area (Å²) < 4.78 is 31.4. The van der Waals surface area contributed by atoms with E-state index in [4.69, 9.17) is 4.42 Å². The number of benzene rings is 1. The molecule has 0 aliphatic carbocycles. The Balaban J connectivity index is 1.97. The van der Waals surface area contributed by atoms with E-state index < -0.39 is 27.0 Å². The molecule has 1 aliphatic heterocycles. The highest BCUT2D eigenvalue weighted by Crippen LogP contribution is 2.40. The van der Waals surface area contributed by atoms with Crippen LogP contribution in [0.5, 0.6) is 0 Å². The lowest BCUT2D eigenvalue weighted by Gasteiger charge is -2.40. The molecule has 0 N–H and O–H groups in total. The van der Waals surface area contributed by atoms with Gasteiger partial charge < -0.3 is 4.42 Å². The molecule has 22 heavy (non-hydrogen) atoms. The van der Waals surface area contributed by atoms with Crippen molar-refractivity contribution in [3.05, 3.63) is 64.1 Å². The molecule has 1 saturated heterocycles. The molecule has 0 saturated carbocycles. The molecule has 3 rings (SSSR count). The van der Waals surface area contributed by atoms with Crippen LogP contribution >= 0.6 is 0 Å². The number of furan rings is 1. The molecule has 0 unspecified atom stereocenters. The van der Waals surface area contributed by atoms with Crippen molar-refractivity contribution in [1.82, 2.24) is 4.31 Å². The van der Waals surface area contributed by atoms with E-state index in [2.05, 4.69) is 0 Å². The minimum Gasteiger partial charge on any atom is -0.472 e. The van der Waals surface area contributed by atoms with Gasteiger partial charge in [0.15, 0.2) is 0 Å². The molecule has 116 valence electrons. The van der Waals surface area contributed by atoms with E-state index in [0.29, 0.717) is 5.56 Å². The summed E-state index contributed by atoms with van der Waals surface area (Å²) in [7, 11) is -3.77. The average Bonchev–Trinajstić information content (AvgIpc) is 2.90. The number of aryl methyl sites for hydroxylation is 1. The van der Waals surface area contributed by atoms with Crippen molar-refractivity contribution in [1.29, 1.82) is 0 Å². The smallest absolute Gasteiger partial charge is 0.247 e. The van der Waals surface area contributed by atoms with Crippen LogP contribution in [0.3, 0.4) is 0 Å². The maximum Gasteiger partial charge on any atom is 0.247 e. The quantitative estimate of drug-likeness (QED) is 0.634. The highest BCUT2D eigenvalue weighted by Gasteiger charge is 2.54. The van der Waals surface area contributed by atoms with Gasteiger partial charge in [0.1, 0.15) is 6.04 Å². The van der Waals surface area contributed by atoms with Crippen LogP contribution in [0.25, 0.3) is 0 Å². The van der Waals surface area contributed by atoms with Crippen LogP contribution in [0.4, 0.5) is 0 Å². The number of sulfonamides is 1. The van der Waals surface area contributed by atoms with Crippen molar-refractivity contribution in [2.24, 2.45) is 0 Å². The van der Waals surface area contributed by atoms with Crippen molar-refractivity contribution < 1.29 is 17.8 Å². The van der Waals surface area contributed by atoms with Gasteiger partial charge >= 0.3 is 0 Å². The molecule has 0 amide bonds. The third-order valence-electron chi connectivity index (χ3n) is 3.82. The molecule has 1 aromatic carbocycles. The predicted octanol–water partition coefficient (Wildman–Crippen LogP) is 1.98. The van der Waals surface area contributed by atoms with Gasteiger partial charge in [-0.1, -0.05) is 17.7 Å². The van der Waals surface area contributed by atoms with E-state index in [1.165, 1.54) is 24.7 Å². The second kappa shape index (κ2) is 5.22. The molecule has 1 aliphatic rings. The number of rotatable bonds is 4. The van der Waals surface area contributed by atoms with E-state index in [1.807, 2.05) is 6.92 Å². The number of nitrogens with zero attached hydrogens (tertiary/aromatic N) is 2. The molecular formula is C14H14N2O5S. The lowest BCUT2D eigenvalue weighted by molar-refractivity contribution is -0.546. The summed E-state index contributed by atoms with van der Waals surface area (Å²) in [5.74, 6) is 0. The van der Waals surface area contributed by atoms with Gasteiger partial charge in [-0.15, -0.1) is 0 Å². The fourth-order valence-electron chi connectivity index (χ4n) is 2.56. The van der Waals surface area contributed by atoms with Crippen molar-refractivity contribution >= 4 is 10.0 Å². The van der Waals surface area contributed by atoms with Gasteiger partial charge in [0.2, 0.25) is 16.1 Å². The van der Waals surface area contributed by atoms with E-state index in [0.717, 1.165) is 9.87 Å². The third kappa shape index (κ3) is 2.30. The largest absolute Gasteiger partial charge is 0.472 e. The monoisotopic (exact) mass is 322 g/mol. The second-order valence-corrected chi connectivity index (χ2v) is 7.13. The Labute approximate surface area is 127 Å². The molecular weight excluding hydrogens is 308 g/mol. The Bertz CT molecular complexity index is 783. The van der Waals surface area contributed by atoms with Gasteiger partial charge in [0.25, 0.3) is 0 Å². The van der Waals surface area contributed by atoms with Crippen LogP contribution in [0.2, 0.25) is 0 Å². The highest BCUT2D eigenvalue weighted by molar-refractivity contribution is 7.89. The number of hydrogen-bond acceptors (Lipinski definition) is 5. The van der Waals surface area contributed by atoms with Crippen LogP contribution in [0.15, 0.2) is 52.2 Å². The summed E-state index contributed by atoms with van der Waals surface area (Å²) in [6.45, 7) is 1.72. The zero-order chi connectivity index (χ0) is 15.9. The summed E-state index contributed by atoms with van der Waals surface area (Å²) in [6, 6.07) is 6.18. The van der Waals surface area contributed by atoms with Gasteiger partial charge in [-0.3, -0.25) is 10.1 Å². The van der Waals surface area contributed by atoms with E-state index >= 15 is 0 Å².